The molecule has 0 aliphatic heterocycles. The number of amides is 1. The van der Waals surface area contributed by atoms with Gasteiger partial charge in [-0.1, -0.05) is 73.6 Å². The smallest absolute Gasteiger partial charge is 0.233 e. The molecule has 0 unspecified atom stereocenters. The zero-order valence-corrected chi connectivity index (χ0v) is 18.2. The fraction of sp³-hybridized carbons (Fsp3) is 0.348. The quantitative estimate of drug-likeness (QED) is 0.468. The second-order valence-corrected chi connectivity index (χ2v) is 7.96. The molecule has 0 aliphatic rings. The highest BCUT2D eigenvalue weighted by Crippen LogP contribution is 2.28. The molecular weight excluding hydrogens is 380 g/mol. The van der Waals surface area contributed by atoms with E-state index in [1.807, 2.05) is 39.8 Å². The third-order valence-electron chi connectivity index (χ3n) is 4.62. The molecule has 0 atom stereocenters. The summed E-state index contributed by atoms with van der Waals surface area (Å²) >= 11 is 1.45. The summed E-state index contributed by atoms with van der Waals surface area (Å²) in [5.74, 6) is 1.29. The van der Waals surface area contributed by atoms with E-state index in [1.165, 1.54) is 17.3 Å². The molecule has 0 N–H and O–H groups in total. The van der Waals surface area contributed by atoms with E-state index in [2.05, 4.69) is 55.2 Å². The van der Waals surface area contributed by atoms with Crippen molar-refractivity contribution in [3.05, 3.63) is 60.2 Å². The molecule has 0 aliphatic carbocycles. The molecule has 0 saturated heterocycles. The highest BCUT2D eigenvalue weighted by Gasteiger charge is 2.19. The van der Waals surface area contributed by atoms with Gasteiger partial charge in [-0.05, 0) is 31.9 Å². The molecule has 152 valence electrons. The lowest BCUT2D eigenvalue weighted by atomic mass is 10.2. The number of carbonyl (C=O) groups is 1. The van der Waals surface area contributed by atoms with Gasteiger partial charge in [0.05, 0.1) is 5.75 Å². The van der Waals surface area contributed by atoms with Gasteiger partial charge in [-0.3, -0.25) is 9.36 Å². The lowest BCUT2D eigenvalue weighted by molar-refractivity contribution is -0.128. The van der Waals surface area contributed by atoms with Gasteiger partial charge in [0.2, 0.25) is 5.91 Å². The van der Waals surface area contributed by atoms with Crippen LogP contribution in [-0.2, 0) is 4.79 Å². The van der Waals surface area contributed by atoms with Crippen molar-refractivity contribution < 1.29 is 4.79 Å². The molecule has 1 aromatic heterocycles. The van der Waals surface area contributed by atoms with Gasteiger partial charge in [-0.2, -0.15) is 0 Å². The maximum atomic E-state index is 12.7. The van der Waals surface area contributed by atoms with Crippen molar-refractivity contribution in [3.63, 3.8) is 0 Å². The fourth-order valence-corrected chi connectivity index (χ4v) is 4.04. The summed E-state index contributed by atoms with van der Waals surface area (Å²) in [4.78, 5) is 14.7. The number of aryl methyl sites for hydroxylation is 1. The summed E-state index contributed by atoms with van der Waals surface area (Å²) in [6.07, 6.45) is 1.93. The third kappa shape index (κ3) is 5.26. The van der Waals surface area contributed by atoms with Gasteiger partial charge in [0.15, 0.2) is 11.0 Å². The van der Waals surface area contributed by atoms with Crippen molar-refractivity contribution in [2.75, 3.05) is 18.8 Å². The van der Waals surface area contributed by atoms with Crippen molar-refractivity contribution in [1.29, 1.82) is 0 Å². The molecule has 5 nitrogen and oxygen atoms in total. The first kappa shape index (κ1) is 21.1. The van der Waals surface area contributed by atoms with Crippen molar-refractivity contribution >= 4 is 17.7 Å². The van der Waals surface area contributed by atoms with E-state index < -0.39 is 0 Å². The number of carbonyl (C=O) groups excluding carboxylic acids is 1. The lowest BCUT2D eigenvalue weighted by Gasteiger charge is -2.21. The number of aromatic nitrogens is 3. The first-order valence-electron chi connectivity index (χ1n) is 10.1. The van der Waals surface area contributed by atoms with Crippen LogP contribution in [0, 0.1) is 6.92 Å². The molecule has 0 radical (unpaired) electrons. The van der Waals surface area contributed by atoms with E-state index in [0.717, 1.165) is 48.2 Å². The Morgan fingerprint density at radius 1 is 0.966 bits per heavy atom. The normalized spacial score (nSPS) is 10.9. The highest BCUT2D eigenvalue weighted by atomic mass is 32.2. The van der Waals surface area contributed by atoms with Gasteiger partial charge < -0.3 is 4.90 Å². The summed E-state index contributed by atoms with van der Waals surface area (Å²) in [5.41, 5.74) is 3.19. The summed E-state index contributed by atoms with van der Waals surface area (Å²) in [6, 6.07) is 18.3. The lowest BCUT2D eigenvalue weighted by Crippen LogP contribution is -2.33. The summed E-state index contributed by atoms with van der Waals surface area (Å²) in [5, 5.41) is 9.60. The van der Waals surface area contributed by atoms with Crippen LogP contribution in [0.2, 0.25) is 0 Å². The maximum Gasteiger partial charge on any atom is 0.233 e. The average molecular weight is 409 g/mol. The molecule has 2 aromatic carbocycles. The predicted octanol–water partition coefficient (Wildman–Crippen LogP) is 4.98. The molecule has 0 spiro atoms. The zero-order valence-electron chi connectivity index (χ0n) is 17.3. The van der Waals surface area contributed by atoms with Gasteiger partial charge in [-0.15, -0.1) is 10.2 Å². The van der Waals surface area contributed by atoms with Crippen molar-refractivity contribution in [1.82, 2.24) is 19.7 Å². The Hall–Kier alpha value is -2.60. The minimum Gasteiger partial charge on any atom is -0.342 e. The van der Waals surface area contributed by atoms with Gasteiger partial charge in [0.1, 0.15) is 0 Å². The van der Waals surface area contributed by atoms with Crippen LogP contribution in [0.15, 0.2) is 59.8 Å². The number of thioether (sulfide) groups is 1. The SMILES string of the molecule is CCCN(CCC)C(=O)CSc1nnc(-c2ccccc2)n1-c1ccc(C)cc1. The van der Waals surface area contributed by atoms with E-state index in [0.29, 0.717) is 5.75 Å². The largest absolute Gasteiger partial charge is 0.342 e. The Bertz CT molecular complexity index is 916. The average Bonchev–Trinajstić information content (AvgIpc) is 3.17. The molecule has 1 heterocycles. The topological polar surface area (TPSA) is 51.0 Å². The predicted molar refractivity (Wildman–Crippen MR) is 119 cm³/mol. The van der Waals surface area contributed by atoms with Crippen molar-refractivity contribution in [2.24, 2.45) is 0 Å². The maximum absolute atomic E-state index is 12.7. The van der Waals surface area contributed by atoms with Crippen LogP contribution in [0.4, 0.5) is 0 Å². The number of hydrogen-bond donors (Lipinski definition) is 0. The van der Waals surface area contributed by atoms with Crippen LogP contribution < -0.4 is 0 Å². The summed E-state index contributed by atoms with van der Waals surface area (Å²) < 4.78 is 2.04. The number of nitrogens with zero attached hydrogens (tertiary/aromatic N) is 4. The van der Waals surface area contributed by atoms with Crippen molar-refractivity contribution in [2.45, 2.75) is 38.8 Å². The molecule has 1 amide bonds. The van der Waals surface area contributed by atoms with Crippen LogP contribution >= 0.6 is 11.8 Å². The van der Waals surface area contributed by atoms with Gasteiger partial charge in [0.25, 0.3) is 0 Å². The molecule has 3 aromatic rings. The first-order valence-corrected chi connectivity index (χ1v) is 11.1. The first-order chi connectivity index (χ1) is 14.1. The van der Waals surface area contributed by atoms with Crippen LogP contribution in [0.5, 0.6) is 0 Å². The Morgan fingerprint density at radius 3 is 2.24 bits per heavy atom. The van der Waals surface area contributed by atoms with Crippen LogP contribution in [-0.4, -0.2) is 44.4 Å². The van der Waals surface area contributed by atoms with Crippen molar-refractivity contribution in [3.8, 4) is 17.1 Å². The van der Waals surface area contributed by atoms with E-state index in [4.69, 9.17) is 0 Å². The van der Waals surface area contributed by atoms with E-state index in [1.54, 1.807) is 0 Å². The Morgan fingerprint density at radius 2 is 1.62 bits per heavy atom. The number of benzene rings is 2. The second kappa shape index (κ2) is 10.3. The molecule has 6 heteroatoms. The summed E-state index contributed by atoms with van der Waals surface area (Å²) in [6.45, 7) is 7.87. The minimum atomic E-state index is 0.151. The molecule has 0 fully saturated rings. The molecule has 3 rings (SSSR count). The number of hydrogen-bond acceptors (Lipinski definition) is 4. The monoisotopic (exact) mass is 408 g/mol. The molecule has 0 saturated carbocycles. The van der Waals surface area contributed by atoms with Gasteiger partial charge in [-0.25, -0.2) is 0 Å². The fourth-order valence-electron chi connectivity index (χ4n) is 3.18. The highest BCUT2D eigenvalue weighted by molar-refractivity contribution is 7.99. The van der Waals surface area contributed by atoms with Gasteiger partial charge >= 0.3 is 0 Å². The van der Waals surface area contributed by atoms with E-state index in [9.17, 15) is 4.79 Å². The number of rotatable bonds is 9. The van der Waals surface area contributed by atoms with E-state index >= 15 is 0 Å². The standard InChI is InChI=1S/C23H28N4OS/c1-4-15-26(16-5-2)21(28)17-29-23-25-24-22(19-9-7-6-8-10-19)27(23)20-13-11-18(3)12-14-20/h6-14H,4-5,15-17H2,1-3H3. The Balaban J connectivity index is 1.90. The minimum absolute atomic E-state index is 0.151. The van der Waals surface area contributed by atoms with E-state index in [-0.39, 0.29) is 5.91 Å². The Kier molecular flexibility index (Phi) is 7.47. The molecule has 0 bridgehead atoms. The third-order valence-corrected chi connectivity index (χ3v) is 5.54. The zero-order chi connectivity index (χ0) is 20.6. The van der Waals surface area contributed by atoms with Crippen LogP contribution in [0.3, 0.4) is 0 Å². The van der Waals surface area contributed by atoms with Crippen LogP contribution in [0.25, 0.3) is 17.1 Å². The van der Waals surface area contributed by atoms with Gasteiger partial charge in [0, 0.05) is 24.3 Å². The van der Waals surface area contributed by atoms with Crippen LogP contribution in [0.1, 0.15) is 32.3 Å². The summed E-state index contributed by atoms with van der Waals surface area (Å²) in [7, 11) is 0. The second-order valence-electron chi connectivity index (χ2n) is 7.01. The molecule has 29 heavy (non-hydrogen) atoms. The Labute approximate surface area is 177 Å². The molecular formula is C23H28N4OS.